The van der Waals surface area contributed by atoms with Crippen molar-refractivity contribution in [2.75, 3.05) is 11.1 Å². The van der Waals surface area contributed by atoms with Crippen molar-refractivity contribution >= 4 is 39.0 Å². The molecule has 0 radical (unpaired) electrons. The van der Waals surface area contributed by atoms with Crippen LogP contribution < -0.4 is 5.32 Å². The SMILES string of the molecule is O=C(CS(=O)(=O)C1CCCC1)Nc1ccc(C(=O)O)c(Cl)c1. The summed E-state index contributed by atoms with van der Waals surface area (Å²) in [7, 11) is -3.45. The van der Waals surface area contributed by atoms with Crippen LogP contribution in [0.3, 0.4) is 0 Å². The molecule has 1 fully saturated rings. The third-order valence-corrected chi connectivity index (χ3v) is 6.09. The first-order chi connectivity index (χ1) is 10.3. The van der Waals surface area contributed by atoms with Crippen LogP contribution in [0.25, 0.3) is 0 Å². The van der Waals surface area contributed by atoms with Gasteiger partial charge in [0.2, 0.25) is 5.91 Å². The zero-order valence-electron chi connectivity index (χ0n) is 11.7. The number of hydrogen-bond acceptors (Lipinski definition) is 4. The third-order valence-electron chi connectivity index (χ3n) is 3.63. The van der Waals surface area contributed by atoms with Crippen molar-refractivity contribution < 1.29 is 23.1 Å². The number of anilines is 1. The summed E-state index contributed by atoms with van der Waals surface area (Å²) < 4.78 is 24.2. The van der Waals surface area contributed by atoms with Crippen molar-refractivity contribution in [2.45, 2.75) is 30.9 Å². The average molecular weight is 346 g/mol. The molecule has 6 nitrogen and oxygen atoms in total. The number of amides is 1. The van der Waals surface area contributed by atoms with Gasteiger partial charge < -0.3 is 10.4 Å². The Kier molecular flexibility index (Phi) is 5.08. The van der Waals surface area contributed by atoms with Crippen molar-refractivity contribution in [3.63, 3.8) is 0 Å². The topological polar surface area (TPSA) is 101 Å². The van der Waals surface area contributed by atoms with Gasteiger partial charge in [0.25, 0.3) is 0 Å². The van der Waals surface area contributed by atoms with Crippen molar-refractivity contribution in [3.8, 4) is 0 Å². The van der Waals surface area contributed by atoms with E-state index in [1.54, 1.807) is 0 Å². The monoisotopic (exact) mass is 345 g/mol. The number of hydrogen-bond donors (Lipinski definition) is 2. The van der Waals surface area contributed by atoms with Gasteiger partial charge in [-0.1, -0.05) is 24.4 Å². The minimum absolute atomic E-state index is 0.0241. The maximum absolute atomic E-state index is 12.1. The van der Waals surface area contributed by atoms with Crippen LogP contribution in [-0.4, -0.2) is 36.4 Å². The number of sulfone groups is 1. The number of benzene rings is 1. The Bertz CT molecular complexity index is 695. The molecule has 1 saturated carbocycles. The maximum atomic E-state index is 12.1. The Balaban J connectivity index is 2.03. The lowest BCUT2D eigenvalue weighted by Gasteiger charge is -2.11. The van der Waals surface area contributed by atoms with E-state index in [1.165, 1.54) is 18.2 Å². The van der Waals surface area contributed by atoms with Crippen LogP contribution in [0.4, 0.5) is 5.69 Å². The van der Waals surface area contributed by atoms with Gasteiger partial charge in [0.05, 0.1) is 15.8 Å². The zero-order valence-corrected chi connectivity index (χ0v) is 13.3. The summed E-state index contributed by atoms with van der Waals surface area (Å²) in [4.78, 5) is 22.7. The first-order valence-electron chi connectivity index (χ1n) is 6.84. The molecule has 2 N–H and O–H groups in total. The number of aromatic carboxylic acids is 1. The van der Waals surface area contributed by atoms with Gasteiger partial charge in [-0.2, -0.15) is 0 Å². The summed E-state index contributed by atoms with van der Waals surface area (Å²) >= 11 is 5.79. The highest BCUT2D eigenvalue weighted by molar-refractivity contribution is 7.92. The highest BCUT2D eigenvalue weighted by atomic mass is 35.5. The minimum atomic E-state index is -3.45. The molecule has 1 aliphatic rings. The molecule has 1 aromatic rings. The third kappa shape index (κ3) is 3.98. The van der Waals surface area contributed by atoms with Crippen molar-refractivity contribution in [1.82, 2.24) is 0 Å². The molecule has 8 heteroatoms. The molecular weight excluding hydrogens is 330 g/mol. The molecule has 0 heterocycles. The lowest BCUT2D eigenvalue weighted by molar-refractivity contribution is -0.113. The number of carbonyl (C=O) groups is 2. The molecule has 1 amide bonds. The smallest absolute Gasteiger partial charge is 0.337 e. The van der Waals surface area contributed by atoms with Crippen LogP contribution in [0.5, 0.6) is 0 Å². The lowest BCUT2D eigenvalue weighted by Crippen LogP contribution is -2.29. The van der Waals surface area contributed by atoms with Gasteiger partial charge in [-0.15, -0.1) is 0 Å². The number of carboxylic acids is 1. The lowest BCUT2D eigenvalue weighted by atomic mass is 10.2. The number of carbonyl (C=O) groups excluding carboxylic acids is 1. The molecule has 0 bridgehead atoms. The number of carboxylic acid groups (broad SMARTS) is 1. The Hall–Kier alpha value is -1.60. The van der Waals surface area contributed by atoms with Crippen LogP contribution >= 0.6 is 11.6 Å². The van der Waals surface area contributed by atoms with E-state index in [0.29, 0.717) is 12.8 Å². The van der Waals surface area contributed by atoms with E-state index in [9.17, 15) is 18.0 Å². The molecule has 0 atom stereocenters. The summed E-state index contributed by atoms with van der Waals surface area (Å²) in [5.41, 5.74) is 0.180. The zero-order chi connectivity index (χ0) is 16.3. The molecule has 0 aliphatic heterocycles. The summed E-state index contributed by atoms with van der Waals surface area (Å²) in [6.45, 7) is 0. The normalized spacial score (nSPS) is 15.7. The molecule has 120 valence electrons. The largest absolute Gasteiger partial charge is 0.478 e. The highest BCUT2D eigenvalue weighted by Crippen LogP contribution is 2.25. The fourth-order valence-electron chi connectivity index (χ4n) is 2.51. The number of halogens is 1. The second-order valence-electron chi connectivity index (χ2n) is 5.26. The Labute approximate surface area is 133 Å². The van der Waals surface area contributed by atoms with Crippen LogP contribution in [0.1, 0.15) is 36.0 Å². The van der Waals surface area contributed by atoms with Crippen LogP contribution in [0, 0.1) is 0 Å². The first-order valence-corrected chi connectivity index (χ1v) is 8.93. The maximum Gasteiger partial charge on any atom is 0.337 e. The van der Waals surface area contributed by atoms with E-state index in [4.69, 9.17) is 16.7 Å². The van der Waals surface area contributed by atoms with E-state index < -0.39 is 32.7 Å². The van der Waals surface area contributed by atoms with Gasteiger partial charge in [0, 0.05) is 5.69 Å². The molecule has 0 unspecified atom stereocenters. The van der Waals surface area contributed by atoms with E-state index in [-0.39, 0.29) is 16.3 Å². The van der Waals surface area contributed by atoms with Gasteiger partial charge >= 0.3 is 5.97 Å². The van der Waals surface area contributed by atoms with E-state index in [1.807, 2.05) is 0 Å². The summed E-state index contributed by atoms with van der Waals surface area (Å²) in [5, 5.41) is 10.8. The van der Waals surface area contributed by atoms with E-state index in [2.05, 4.69) is 5.32 Å². The minimum Gasteiger partial charge on any atom is -0.478 e. The van der Waals surface area contributed by atoms with E-state index >= 15 is 0 Å². The summed E-state index contributed by atoms with van der Waals surface area (Å²) in [6, 6.07) is 3.91. The summed E-state index contributed by atoms with van der Waals surface area (Å²) in [5.74, 6) is -2.39. The average Bonchev–Trinajstić information content (AvgIpc) is 2.91. The van der Waals surface area contributed by atoms with Gasteiger partial charge in [0.15, 0.2) is 9.84 Å². The van der Waals surface area contributed by atoms with Gasteiger partial charge in [0.1, 0.15) is 5.75 Å². The summed E-state index contributed by atoms with van der Waals surface area (Å²) in [6.07, 6.45) is 2.96. The molecule has 1 aromatic carbocycles. The van der Waals surface area contributed by atoms with Gasteiger partial charge in [-0.3, -0.25) is 4.79 Å². The molecule has 22 heavy (non-hydrogen) atoms. The molecular formula is C14H16ClNO5S. The molecule has 0 saturated heterocycles. The van der Waals surface area contributed by atoms with Crippen LogP contribution in [-0.2, 0) is 14.6 Å². The van der Waals surface area contributed by atoms with Crippen molar-refractivity contribution in [2.24, 2.45) is 0 Å². The standard InChI is InChI=1S/C14H16ClNO5S/c15-12-7-9(5-6-11(12)14(18)19)16-13(17)8-22(20,21)10-3-1-2-4-10/h5-7,10H,1-4,8H2,(H,16,17)(H,18,19). The fourth-order valence-corrected chi connectivity index (χ4v) is 4.50. The number of rotatable bonds is 5. The molecule has 0 spiro atoms. The Morgan fingerprint density at radius 2 is 1.91 bits per heavy atom. The van der Waals surface area contributed by atoms with Crippen LogP contribution in [0.2, 0.25) is 5.02 Å². The predicted molar refractivity (Wildman–Crippen MR) is 83.1 cm³/mol. The number of nitrogens with one attached hydrogen (secondary N) is 1. The van der Waals surface area contributed by atoms with Crippen molar-refractivity contribution in [3.05, 3.63) is 28.8 Å². The molecule has 2 rings (SSSR count). The Morgan fingerprint density at radius 1 is 1.27 bits per heavy atom. The van der Waals surface area contributed by atoms with Gasteiger partial charge in [-0.05, 0) is 31.0 Å². The molecule has 0 aromatic heterocycles. The first kappa shape index (κ1) is 16.8. The highest BCUT2D eigenvalue weighted by Gasteiger charge is 2.30. The van der Waals surface area contributed by atoms with Gasteiger partial charge in [-0.25, -0.2) is 13.2 Å². The second-order valence-corrected chi connectivity index (χ2v) is 7.95. The fraction of sp³-hybridized carbons (Fsp3) is 0.429. The molecule has 1 aliphatic carbocycles. The second kappa shape index (κ2) is 6.66. The van der Waals surface area contributed by atoms with E-state index in [0.717, 1.165) is 12.8 Å². The van der Waals surface area contributed by atoms with Crippen LogP contribution in [0.15, 0.2) is 18.2 Å². The van der Waals surface area contributed by atoms with Crippen molar-refractivity contribution in [1.29, 1.82) is 0 Å². The predicted octanol–water partition coefficient (Wildman–Crippen LogP) is 2.33. The quantitative estimate of drug-likeness (QED) is 0.853. The Morgan fingerprint density at radius 3 is 2.45 bits per heavy atom.